The van der Waals surface area contributed by atoms with Crippen molar-refractivity contribution in [2.24, 2.45) is 5.92 Å². The molecule has 6 heteroatoms. The molecule has 1 aliphatic heterocycles. The number of benzene rings is 2. The van der Waals surface area contributed by atoms with E-state index in [1.54, 1.807) is 19.3 Å². The third-order valence-corrected chi connectivity index (χ3v) is 5.25. The molecule has 0 spiro atoms. The number of methoxy groups -OCH3 is 1. The van der Waals surface area contributed by atoms with Crippen molar-refractivity contribution in [3.05, 3.63) is 65.7 Å². The van der Waals surface area contributed by atoms with Crippen LogP contribution in [0.2, 0.25) is 0 Å². The Morgan fingerprint density at radius 1 is 1.12 bits per heavy atom. The van der Waals surface area contributed by atoms with E-state index in [1.165, 1.54) is 0 Å². The monoisotopic (exact) mass is 438 g/mol. The van der Waals surface area contributed by atoms with Gasteiger partial charge in [0.2, 0.25) is 5.91 Å². The highest BCUT2D eigenvalue weighted by Gasteiger charge is 2.19. The minimum absolute atomic E-state index is 0.0900. The Hall–Kier alpha value is -2.83. The van der Waals surface area contributed by atoms with Gasteiger partial charge in [-0.15, -0.1) is 0 Å². The standard InChI is InChI=1S/C26H34N2O4/c1-20(2)19-32-24-11-9-21(17-25(24)30-3)10-12-26(29)27-23(22-7-5-4-6-8-22)18-28-13-15-31-16-14-28/h4-12,17,20,23H,13-16,18-19H2,1-3H3,(H,27,29)/b12-10+. The Kier molecular flexibility index (Phi) is 9.13. The highest BCUT2D eigenvalue weighted by molar-refractivity contribution is 5.92. The topological polar surface area (TPSA) is 60.0 Å². The highest BCUT2D eigenvalue weighted by Crippen LogP contribution is 2.29. The fraction of sp³-hybridized carbons (Fsp3) is 0.423. The Morgan fingerprint density at radius 3 is 2.56 bits per heavy atom. The molecule has 1 N–H and O–H groups in total. The second-order valence-electron chi connectivity index (χ2n) is 8.33. The first-order valence-corrected chi connectivity index (χ1v) is 11.2. The number of carbonyl (C=O) groups excluding carboxylic acids is 1. The SMILES string of the molecule is COc1cc(/C=C/C(=O)NC(CN2CCOCC2)c2ccccc2)ccc1OCC(C)C. The molecule has 1 unspecified atom stereocenters. The number of amides is 1. The van der Waals surface area contributed by atoms with Gasteiger partial charge in [0.15, 0.2) is 11.5 Å². The molecule has 0 radical (unpaired) electrons. The van der Waals surface area contributed by atoms with Gasteiger partial charge in [-0.25, -0.2) is 0 Å². The number of nitrogens with one attached hydrogen (secondary N) is 1. The minimum atomic E-state index is -0.133. The normalized spacial score (nSPS) is 15.6. The second-order valence-corrected chi connectivity index (χ2v) is 8.33. The van der Waals surface area contributed by atoms with Crippen LogP contribution >= 0.6 is 0 Å². The van der Waals surface area contributed by atoms with Crippen molar-refractivity contribution >= 4 is 12.0 Å². The Labute approximate surface area is 191 Å². The number of nitrogens with zero attached hydrogens (tertiary/aromatic N) is 1. The molecule has 0 saturated carbocycles. The summed E-state index contributed by atoms with van der Waals surface area (Å²) in [6, 6.07) is 15.7. The van der Waals surface area contributed by atoms with Crippen molar-refractivity contribution in [1.82, 2.24) is 10.2 Å². The van der Waals surface area contributed by atoms with Crippen LogP contribution in [-0.2, 0) is 9.53 Å². The molecular weight excluding hydrogens is 404 g/mol. The summed E-state index contributed by atoms with van der Waals surface area (Å²) in [6.45, 7) is 8.79. The van der Waals surface area contributed by atoms with Crippen LogP contribution in [0.5, 0.6) is 11.5 Å². The quantitative estimate of drug-likeness (QED) is 0.570. The summed E-state index contributed by atoms with van der Waals surface area (Å²) in [5.74, 6) is 1.66. The van der Waals surface area contributed by atoms with Crippen LogP contribution in [-0.4, -0.2) is 57.4 Å². The van der Waals surface area contributed by atoms with Gasteiger partial charge in [-0.1, -0.05) is 50.2 Å². The molecule has 0 aliphatic carbocycles. The lowest BCUT2D eigenvalue weighted by Gasteiger charge is -2.31. The molecule has 32 heavy (non-hydrogen) atoms. The molecule has 3 rings (SSSR count). The van der Waals surface area contributed by atoms with Crippen LogP contribution in [0, 0.1) is 5.92 Å². The molecule has 2 aromatic rings. The summed E-state index contributed by atoms with van der Waals surface area (Å²) in [4.78, 5) is 15.1. The van der Waals surface area contributed by atoms with E-state index < -0.39 is 0 Å². The number of carbonyl (C=O) groups is 1. The van der Waals surface area contributed by atoms with Gasteiger partial charge < -0.3 is 19.5 Å². The first kappa shape index (κ1) is 23.8. The van der Waals surface area contributed by atoms with E-state index >= 15 is 0 Å². The molecule has 1 aliphatic rings. The largest absolute Gasteiger partial charge is 0.493 e. The van der Waals surface area contributed by atoms with Gasteiger partial charge in [0.25, 0.3) is 0 Å². The van der Waals surface area contributed by atoms with Crippen molar-refractivity contribution in [3.63, 3.8) is 0 Å². The summed E-state index contributed by atoms with van der Waals surface area (Å²) in [6.07, 6.45) is 3.36. The molecule has 0 aromatic heterocycles. The summed E-state index contributed by atoms with van der Waals surface area (Å²) in [7, 11) is 1.62. The lowest BCUT2D eigenvalue weighted by atomic mass is 10.1. The fourth-order valence-electron chi connectivity index (χ4n) is 3.52. The van der Waals surface area contributed by atoms with E-state index in [4.69, 9.17) is 14.2 Å². The molecule has 0 bridgehead atoms. The summed E-state index contributed by atoms with van der Waals surface area (Å²) in [5.41, 5.74) is 1.97. The fourth-order valence-corrected chi connectivity index (χ4v) is 3.52. The predicted octanol–water partition coefficient (Wildman–Crippen LogP) is 3.93. The smallest absolute Gasteiger partial charge is 0.244 e. The van der Waals surface area contributed by atoms with E-state index in [0.717, 1.165) is 44.0 Å². The zero-order valence-corrected chi connectivity index (χ0v) is 19.3. The van der Waals surface area contributed by atoms with E-state index in [-0.39, 0.29) is 11.9 Å². The summed E-state index contributed by atoms with van der Waals surface area (Å²) >= 11 is 0. The third-order valence-electron chi connectivity index (χ3n) is 5.25. The van der Waals surface area contributed by atoms with E-state index in [2.05, 4.69) is 36.2 Å². The number of morpholine rings is 1. The van der Waals surface area contributed by atoms with E-state index in [1.807, 2.05) is 36.4 Å². The maximum Gasteiger partial charge on any atom is 0.244 e. The molecule has 1 amide bonds. The van der Waals surface area contributed by atoms with Gasteiger partial charge in [0.1, 0.15) is 0 Å². The molecule has 6 nitrogen and oxygen atoms in total. The number of hydrogen-bond acceptors (Lipinski definition) is 5. The van der Waals surface area contributed by atoms with Crippen LogP contribution in [0.4, 0.5) is 0 Å². The Balaban J connectivity index is 1.65. The number of ether oxygens (including phenoxy) is 3. The molecular formula is C26H34N2O4. The average molecular weight is 439 g/mol. The van der Waals surface area contributed by atoms with Crippen LogP contribution in [0.3, 0.4) is 0 Å². The van der Waals surface area contributed by atoms with Gasteiger partial charge in [-0.3, -0.25) is 9.69 Å². The Morgan fingerprint density at radius 2 is 1.88 bits per heavy atom. The number of hydrogen-bond donors (Lipinski definition) is 1. The Bertz CT molecular complexity index is 877. The van der Waals surface area contributed by atoms with Gasteiger partial charge in [0, 0.05) is 25.7 Å². The van der Waals surface area contributed by atoms with Gasteiger partial charge >= 0.3 is 0 Å². The molecule has 2 aromatic carbocycles. The minimum Gasteiger partial charge on any atom is -0.493 e. The zero-order chi connectivity index (χ0) is 22.8. The van der Waals surface area contributed by atoms with Gasteiger partial charge in [-0.2, -0.15) is 0 Å². The summed E-state index contributed by atoms with van der Waals surface area (Å²) in [5, 5.41) is 3.16. The lowest BCUT2D eigenvalue weighted by Crippen LogP contribution is -2.42. The molecule has 172 valence electrons. The maximum absolute atomic E-state index is 12.7. The second kappa shape index (κ2) is 12.3. The predicted molar refractivity (Wildman–Crippen MR) is 127 cm³/mol. The molecule has 1 fully saturated rings. The van der Waals surface area contributed by atoms with Crippen LogP contribution < -0.4 is 14.8 Å². The van der Waals surface area contributed by atoms with Crippen LogP contribution in [0.25, 0.3) is 6.08 Å². The van der Waals surface area contributed by atoms with Crippen molar-refractivity contribution in [1.29, 1.82) is 0 Å². The van der Waals surface area contributed by atoms with E-state index in [9.17, 15) is 4.79 Å². The van der Waals surface area contributed by atoms with Crippen LogP contribution in [0.15, 0.2) is 54.6 Å². The van der Waals surface area contributed by atoms with Gasteiger partial charge in [-0.05, 0) is 35.3 Å². The van der Waals surface area contributed by atoms with Crippen molar-refractivity contribution < 1.29 is 19.0 Å². The van der Waals surface area contributed by atoms with Crippen molar-refractivity contribution in [2.45, 2.75) is 19.9 Å². The summed E-state index contributed by atoms with van der Waals surface area (Å²) < 4.78 is 16.7. The third kappa shape index (κ3) is 7.39. The van der Waals surface area contributed by atoms with Crippen LogP contribution in [0.1, 0.15) is 31.0 Å². The molecule has 1 atom stereocenters. The zero-order valence-electron chi connectivity index (χ0n) is 19.3. The highest BCUT2D eigenvalue weighted by atomic mass is 16.5. The van der Waals surface area contributed by atoms with E-state index in [0.29, 0.717) is 24.0 Å². The van der Waals surface area contributed by atoms with Gasteiger partial charge in [0.05, 0.1) is 33.0 Å². The molecule has 1 heterocycles. The maximum atomic E-state index is 12.7. The van der Waals surface area contributed by atoms with Crippen molar-refractivity contribution in [2.75, 3.05) is 46.6 Å². The van der Waals surface area contributed by atoms with Crippen molar-refractivity contribution in [3.8, 4) is 11.5 Å². The molecule has 1 saturated heterocycles. The first-order valence-electron chi connectivity index (χ1n) is 11.2. The average Bonchev–Trinajstić information content (AvgIpc) is 2.82. The lowest BCUT2D eigenvalue weighted by molar-refractivity contribution is -0.117. The number of rotatable bonds is 10. The first-order chi connectivity index (χ1) is 15.5.